The molecule has 0 aliphatic rings. The number of hydrogen-bond acceptors (Lipinski definition) is 5. The van der Waals surface area contributed by atoms with Gasteiger partial charge in [0.1, 0.15) is 5.82 Å². The summed E-state index contributed by atoms with van der Waals surface area (Å²) in [6.45, 7) is 1.68. The number of carbonyl (C=O) groups is 1. The number of phenolic OH excluding ortho intramolecular Hbond substituents is 1. The lowest BCUT2D eigenvalue weighted by Crippen LogP contribution is -2.33. The minimum atomic E-state index is -0.888. The zero-order valence-electron chi connectivity index (χ0n) is 13.3. The van der Waals surface area contributed by atoms with Gasteiger partial charge in [-0.15, -0.1) is 0 Å². The number of carbonyl (C=O) groups excluding carboxylic acids is 1. The number of nitro benzene ring substituents is 1. The molecule has 132 valence electrons. The maximum Gasteiger partial charge on any atom is 0.310 e. The van der Waals surface area contributed by atoms with Crippen molar-refractivity contribution < 1.29 is 24.3 Å². The standard InChI is InChI=1S/C17H17FN2O5/c1-10(8-15(21)11-2-5-13(18)6-3-11)19-17(23)12-4-7-14(20(24)25)16(22)9-12/h2-7,9-10,15,21-22H,8H2,1H3,(H,19,23). The van der Waals surface area contributed by atoms with Crippen molar-refractivity contribution in [2.24, 2.45) is 0 Å². The first kappa shape index (κ1) is 18.3. The van der Waals surface area contributed by atoms with Crippen molar-refractivity contribution in [3.8, 4) is 5.75 Å². The van der Waals surface area contributed by atoms with Crippen molar-refractivity contribution >= 4 is 11.6 Å². The number of phenols is 1. The Kier molecular flexibility index (Phi) is 5.66. The zero-order chi connectivity index (χ0) is 18.6. The minimum Gasteiger partial charge on any atom is -0.502 e. The van der Waals surface area contributed by atoms with Gasteiger partial charge in [0.2, 0.25) is 0 Å². The first-order valence-corrected chi connectivity index (χ1v) is 7.49. The van der Waals surface area contributed by atoms with Crippen LogP contribution in [0.3, 0.4) is 0 Å². The van der Waals surface area contributed by atoms with E-state index in [-0.39, 0.29) is 12.0 Å². The van der Waals surface area contributed by atoms with Crippen LogP contribution >= 0.6 is 0 Å². The summed E-state index contributed by atoms with van der Waals surface area (Å²) in [5, 5.41) is 33.0. The number of benzene rings is 2. The first-order valence-electron chi connectivity index (χ1n) is 7.49. The fourth-order valence-corrected chi connectivity index (χ4v) is 2.34. The van der Waals surface area contributed by atoms with Gasteiger partial charge in [0.05, 0.1) is 11.0 Å². The Morgan fingerprint density at radius 2 is 1.92 bits per heavy atom. The van der Waals surface area contributed by atoms with Gasteiger partial charge in [0.15, 0.2) is 5.75 Å². The van der Waals surface area contributed by atoms with E-state index >= 15 is 0 Å². The molecule has 8 heteroatoms. The predicted octanol–water partition coefficient (Wildman–Crippen LogP) is 2.68. The van der Waals surface area contributed by atoms with E-state index in [1.807, 2.05) is 0 Å². The number of aromatic hydroxyl groups is 1. The molecule has 0 saturated carbocycles. The van der Waals surface area contributed by atoms with Crippen molar-refractivity contribution in [2.45, 2.75) is 25.5 Å². The van der Waals surface area contributed by atoms with E-state index in [1.54, 1.807) is 6.92 Å². The topological polar surface area (TPSA) is 113 Å². The molecular weight excluding hydrogens is 331 g/mol. The number of nitrogens with one attached hydrogen (secondary N) is 1. The Bertz CT molecular complexity index is 779. The van der Waals surface area contributed by atoms with Crippen LogP contribution in [-0.2, 0) is 0 Å². The molecule has 1 amide bonds. The van der Waals surface area contributed by atoms with Crippen LogP contribution in [-0.4, -0.2) is 27.1 Å². The van der Waals surface area contributed by atoms with Gasteiger partial charge in [-0.25, -0.2) is 4.39 Å². The Labute approximate surface area is 142 Å². The molecule has 2 atom stereocenters. The van der Waals surface area contributed by atoms with Crippen molar-refractivity contribution in [3.63, 3.8) is 0 Å². The molecular formula is C17H17FN2O5. The van der Waals surface area contributed by atoms with Gasteiger partial charge in [0, 0.05) is 17.7 Å². The molecule has 0 bridgehead atoms. The van der Waals surface area contributed by atoms with E-state index in [9.17, 15) is 29.5 Å². The van der Waals surface area contributed by atoms with Gasteiger partial charge in [-0.05, 0) is 43.2 Å². The van der Waals surface area contributed by atoms with Gasteiger partial charge in [-0.2, -0.15) is 0 Å². The molecule has 7 nitrogen and oxygen atoms in total. The SMILES string of the molecule is CC(CC(O)c1ccc(F)cc1)NC(=O)c1ccc([N+](=O)[O-])c(O)c1. The van der Waals surface area contributed by atoms with Gasteiger partial charge >= 0.3 is 5.69 Å². The molecule has 2 rings (SSSR count). The largest absolute Gasteiger partial charge is 0.502 e. The highest BCUT2D eigenvalue weighted by molar-refractivity contribution is 5.95. The van der Waals surface area contributed by atoms with Crippen LogP contribution in [0.2, 0.25) is 0 Å². The zero-order valence-corrected chi connectivity index (χ0v) is 13.3. The molecule has 0 heterocycles. The predicted molar refractivity (Wildman–Crippen MR) is 87.7 cm³/mol. The van der Waals surface area contributed by atoms with E-state index in [4.69, 9.17) is 0 Å². The maximum absolute atomic E-state index is 12.9. The quantitative estimate of drug-likeness (QED) is 0.549. The molecule has 0 aromatic heterocycles. The van der Waals surface area contributed by atoms with Crippen LogP contribution < -0.4 is 5.32 Å². The fraction of sp³-hybridized carbons (Fsp3) is 0.235. The van der Waals surface area contributed by atoms with Crippen molar-refractivity contribution in [2.75, 3.05) is 0 Å². The Morgan fingerprint density at radius 3 is 2.48 bits per heavy atom. The van der Waals surface area contributed by atoms with Crippen LogP contribution in [0.25, 0.3) is 0 Å². The number of rotatable bonds is 6. The lowest BCUT2D eigenvalue weighted by Gasteiger charge is -2.18. The summed E-state index contributed by atoms with van der Waals surface area (Å²) in [5.41, 5.74) is 0.0954. The molecule has 0 aliphatic carbocycles. The maximum atomic E-state index is 12.9. The normalized spacial score (nSPS) is 13.1. The number of nitrogens with zero attached hydrogens (tertiary/aromatic N) is 1. The summed E-state index contributed by atoms with van der Waals surface area (Å²) in [5.74, 6) is -1.55. The lowest BCUT2D eigenvalue weighted by atomic mass is 10.0. The molecule has 2 unspecified atom stereocenters. The van der Waals surface area contributed by atoms with Crippen LogP contribution in [0.15, 0.2) is 42.5 Å². The second-order valence-electron chi connectivity index (χ2n) is 5.64. The number of amides is 1. The average Bonchev–Trinajstić information content (AvgIpc) is 2.54. The van der Waals surface area contributed by atoms with Crippen LogP contribution in [0, 0.1) is 15.9 Å². The number of halogens is 1. The molecule has 25 heavy (non-hydrogen) atoms. The minimum absolute atomic E-state index is 0.0613. The fourth-order valence-electron chi connectivity index (χ4n) is 2.34. The summed E-state index contributed by atoms with van der Waals surface area (Å²) in [4.78, 5) is 22.0. The van der Waals surface area contributed by atoms with Crippen LogP contribution in [0.1, 0.15) is 35.4 Å². The monoisotopic (exact) mass is 348 g/mol. The van der Waals surface area contributed by atoms with Crippen LogP contribution in [0.4, 0.5) is 10.1 Å². The third-order valence-electron chi connectivity index (χ3n) is 3.64. The van der Waals surface area contributed by atoms with Crippen molar-refractivity contribution in [1.82, 2.24) is 5.32 Å². The Balaban J connectivity index is 1.98. The Morgan fingerprint density at radius 1 is 1.28 bits per heavy atom. The summed E-state index contributed by atoms with van der Waals surface area (Å²) >= 11 is 0. The molecule has 3 N–H and O–H groups in total. The molecule has 0 aliphatic heterocycles. The van der Waals surface area contributed by atoms with Gasteiger partial charge in [0.25, 0.3) is 5.91 Å². The van der Waals surface area contributed by atoms with Crippen LogP contribution in [0.5, 0.6) is 5.75 Å². The summed E-state index contributed by atoms with van der Waals surface area (Å²) in [6.07, 6.45) is -0.697. The number of aliphatic hydroxyl groups is 1. The number of nitro groups is 1. The molecule has 0 fully saturated rings. The van der Waals surface area contributed by atoms with E-state index in [0.29, 0.717) is 5.56 Å². The highest BCUT2D eigenvalue weighted by Crippen LogP contribution is 2.26. The third-order valence-corrected chi connectivity index (χ3v) is 3.64. The lowest BCUT2D eigenvalue weighted by molar-refractivity contribution is -0.385. The second kappa shape index (κ2) is 7.71. The second-order valence-corrected chi connectivity index (χ2v) is 5.64. The molecule has 2 aromatic carbocycles. The number of aliphatic hydroxyl groups excluding tert-OH is 1. The molecule has 0 spiro atoms. The van der Waals surface area contributed by atoms with Gasteiger partial charge in [-0.1, -0.05) is 12.1 Å². The van der Waals surface area contributed by atoms with E-state index < -0.39 is 40.2 Å². The van der Waals surface area contributed by atoms with E-state index in [0.717, 1.165) is 12.1 Å². The highest BCUT2D eigenvalue weighted by atomic mass is 19.1. The Hall–Kier alpha value is -3.00. The van der Waals surface area contributed by atoms with Crippen molar-refractivity contribution in [1.29, 1.82) is 0 Å². The molecule has 2 aromatic rings. The van der Waals surface area contributed by atoms with Gasteiger partial charge < -0.3 is 15.5 Å². The summed E-state index contributed by atoms with van der Waals surface area (Å²) in [6, 6.07) is 8.26. The smallest absolute Gasteiger partial charge is 0.310 e. The van der Waals surface area contributed by atoms with Crippen molar-refractivity contribution in [3.05, 3.63) is 69.5 Å². The summed E-state index contributed by atoms with van der Waals surface area (Å²) in [7, 11) is 0. The third kappa shape index (κ3) is 4.74. The molecule has 0 radical (unpaired) electrons. The van der Waals surface area contributed by atoms with Gasteiger partial charge in [-0.3, -0.25) is 14.9 Å². The number of hydrogen-bond donors (Lipinski definition) is 3. The average molecular weight is 348 g/mol. The van der Waals surface area contributed by atoms with E-state index in [2.05, 4.69) is 5.32 Å². The molecule has 0 saturated heterocycles. The highest BCUT2D eigenvalue weighted by Gasteiger charge is 2.19. The summed E-state index contributed by atoms with van der Waals surface area (Å²) < 4.78 is 12.9. The van der Waals surface area contributed by atoms with E-state index in [1.165, 1.54) is 30.3 Å². The first-order chi connectivity index (χ1) is 11.8.